The Kier molecular flexibility index (Phi) is 5.49. The third-order valence-corrected chi connectivity index (χ3v) is 4.87. The summed E-state index contributed by atoms with van der Waals surface area (Å²) in [6.45, 7) is 3.91. The molecule has 26 heavy (non-hydrogen) atoms. The van der Waals surface area contributed by atoms with Crippen molar-refractivity contribution in [2.24, 2.45) is 0 Å². The van der Waals surface area contributed by atoms with Crippen LogP contribution in [0.15, 0.2) is 60.0 Å². The molecule has 1 heterocycles. The van der Waals surface area contributed by atoms with Crippen LogP contribution in [-0.2, 0) is 4.74 Å². The van der Waals surface area contributed by atoms with Crippen molar-refractivity contribution in [2.75, 3.05) is 11.9 Å². The topological polar surface area (TPSA) is 55.4 Å². The van der Waals surface area contributed by atoms with Gasteiger partial charge in [0.2, 0.25) is 0 Å². The van der Waals surface area contributed by atoms with Crippen molar-refractivity contribution in [3.63, 3.8) is 0 Å². The Morgan fingerprint density at radius 3 is 2.42 bits per heavy atom. The van der Waals surface area contributed by atoms with E-state index in [2.05, 4.69) is 5.32 Å². The molecule has 0 saturated carbocycles. The number of benzene rings is 2. The largest absolute Gasteiger partial charge is 0.462 e. The highest BCUT2D eigenvalue weighted by Gasteiger charge is 2.23. The lowest BCUT2D eigenvalue weighted by molar-refractivity contribution is 0.0529. The number of aryl methyl sites for hydroxylation is 1. The number of rotatable bonds is 5. The molecule has 1 N–H and O–H groups in total. The van der Waals surface area contributed by atoms with Crippen LogP contribution < -0.4 is 5.32 Å². The highest BCUT2D eigenvalue weighted by Crippen LogP contribution is 2.36. The van der Waals surface area contributed by atoms with Gasteiger partial charge < -0.3 is 10.1 Å². The van der Waals surface area contributed by atoms with Crippen LogP contribution in [-0.4, -0.2) is 18.5 Å². The number of thiophene rings is 1. The van der Waals surface area contributed by atoms with Crippen LogP contribution in [0.4, 0.5) is 5.00 Å². The van der Waals surface area contributed by atoms with Crippen molar-refractivity contribution in [3.8, 4) is 11.1 Å². The Hall–Kier alpha value is -2.92. The molecule has 0 aliphatic carbocycles. The van der Waals surface area contributed by atoms with E-state index in [0.717, 1.165) is 16.7 Å². The summed E-state index contributed by atoms with van der Waals surface area (Å²) in [4.78, 5) is 25.2. The van der Waals surface area contributed by atoms with Gasteiger partial charge in [0.1, 0.15) is 10.6 Å². The van der Waals surface area contributed by atoms with Crippen molar-refractivity contribution < 1.29 is 14.3 Å². The number of anilines is 1. The molecule has 0 unspecified atom stereocenters. The number of nitrogens with one attached hydrogen (secondary N) is 1. The molecule has 4 nitrogen and oxygen atoms in total. The molecule has 1 aromatic heterocycles. The fraction of sp³-hybridized carbons (Fsp3) is 0.143. The van der Waals surface area contributed by atoms with E-state index in [1.54, 1.807) is 13.0 Å². The summed E-state index contributed by atoms with van der Waals surface area (Å²) in [7, 11) is 0. The summed E-state index contributed by atoms with van der Waals surface area (Å²) in [5, 5.41) is 5.24. The summed E-state index contributed by atoms with van der Waals surface area (Å²) in [5.74, 6) is -0.678. The van der Waals surface area contributed by atoms with Gasteiger partial charge in [-0.25, -0.2) is 4.79 Å². The first-order valence-electron chi connectivity index (χ1n) is 8.32. The first-order chi connectivity index (χ1) is 12.6. The fourth-order valence-corrected chi connectivity index (χ4v) is 3.64. The first kappa shape index (κ1) is 17.9. The molecule has 5 heteroatoms. The Labute approximate surface area is 156 Å². The zero-order chi connectivity index (χ0) is 18.5. The summed E-state index contributed by atoms with van der Waals surface area (Å²) in [6.07, 6.45) is 0. The van der Waals surface area contributed by atoms with E-state index in [9.17, 15) is 9.59 Å². The van der Waals surface area contributed by atoms with E-state index < -0.39 is 5.97 Å². The quantitative estimate of drug-likeness (QED) is 0.636. The van der Waals surface area contributed by atoms with Crippen molar-refractivity contribution in [2.45, 2.75) is 13.8 Å². The highest BCUT2D eigenvalue weighted by molar-refractivity contribution is 7.15. The van der Waals surface area contributed by atoms with E-state index in [0.29, 0.717) is 16.1 Å². The van der Waals surface area contributed by atoms with E-state index in [1.807, 2.05) is 60.8 Å². The number of carbonyl (C=O) groups is 2. The van der Waals surface area contributed by atoms with Gasteiger partial charge in [0.25, 0.3) is 5.91 Å². The van der Waals surface area contributed by atoms with Gasteiger partial charge in [0.05, 0.1) is 6.61 Å². The van der Waals surface area contributed by atoms with E-state index in [-0.39, 0.29) is 12.5 Å². The van der Waals surface area contributed by atoms with Crippen LogP contribution in [0.25, 0.3) is 11.1 Å². The summed E-state index contributed by atoms with van der Waals surface area (Å²) in [6, 6.07) is 16.9. The Bertz CT molecular complexity index is 931. The van der Waals surface area contributed by atoms with E-state index >= 15 is 0 Å². The van der Waals surface area contributed by atoms with Crippen molar-refractivity contribution in [1.29, 1.82) is 0 Å². The van der Waals surface area contributed by atoms with Crippen LogP contribution in [0.1, 0.15) is 33.2 Å². The number of ether oxygens (including phenoxy) is 1. The summed E-state index contributed by atoms with van der Waals surface area (Å²) in [5.41, 5.74) is 3.52. The molecule has 2 aromatic carbocycles. The van der Waals surface area contributed by atoms with Gasteiger partial charge in [0, 0.05) is 16.5 Å². The Morgan fingerprint density at radius 2 is 1.73 bits per heavy atom. The van der Waals surface area contributed by atoms with Crippen molar-refractivity contribution >= 4 is 28.2 Å². The van der Waals surface area contributed by atoms with Gasteiger partial charge in [-0.15, -0.1) is 11.3 Å². The summed E-state index contributed by atoms with van der Waals surface area (Å²) >= 11 is 1.32. The molecule has 0 saturated heterocycles. The van der Waals surface area contributed by atoms with E-state index in [4.69, 9.17) is 4.74 Å². The molecule has 0 radical (unpaired) electrons. The molecule has 1 amide bonds. The van der Waals surface area contributed by atoms with Crippen molar-refractivity contribution in [1.82, 2.24) is 0 Å². The lowest BCUT2D eigenvalue weighted by Gasteiger charge is -2.10. The third-order valence-electron chi connectivity index (χ3n) is 3.97. The highest BCUT2D eigenvalue weighted by atomic mass is 32.1. The standard InChI is InChI=1S/C21H19NO3S/c1-3-25-21(24)18-17(15-10-5-4-6-11-15)13-26-20(18)22-19(23)16-12-8-7-9-14(16)2/h4-13H,3H2,1-2H3,(H,22,23). The third kappa shape index (κ3) is 3.68. The molecule has 0 aliphatic heterocycles. The second kappa shape index (κ2) is 7.97. The maximum atomic E-state index is 12.7. The number of amides is 1. The molecular weight excluding hydrogens is 346 g/mol. The average molecular weight is 365 g/mol. The predicted octanol–water partition coefficient (Wildman–Crippen LogP) is 5.15. The van der Waals surface area contributed by atoms with Crippen LogP contribution >= 0.6 is 11.3 Å². The van der Waals surface area contributed by atoms with E-state index in [1.165, 1.54) is 11.3 Å². The predicted molar refractivity (Wildman–Crippen MR) is 105 cm³/mol. The second-order valence-electron chi connectivity index (χ2n) is 5.71. The van der Waals surface area contributed by atoms with Gasteiger partial charge in [-0.2, -0.15) is 0 Å². The molecule has 3 aromatic rings. The maximum Gasteiger partial charge on any atom is 0.341 e. The smallest absolute Gasteiger partial charge is 0.341 e. The molecule has 132 valence electrons. The zero-order valence-electron chi connectivity index (χ0n) is 14.6. The maximum absolute atomic E-state index is 12.7. The lowest BCUT2D eigenvalue weighted by Crippen LogP contribution is -2.15. The van der Waals surface area contributed by atoms with Gasteiger partial charge in [-0.1, -0.05) is 48.5 Å². The van der Waals surface area contributed by atoms with Gasteiger partial charge in [-0.05, 0) is 31.0 Å². The molecule has 0 bridgehead atoms. The molecule has 0 aliphatic rings. The number of hydrogen-bond acceptors (Lipinski definition) is 4. The SMILES string of the molecule is CCOC(=O)c1c(-c2ccccc2)csc1NC(=O)c1ccccc1C. The van der Waals surface area contributed by atoms with Gasteiger partial charge in [0.15, 0.2) is 0 Å². The Balaban J connectivity index is 1.99. The minimum Gasteiger partial charge on any atom is -0.462 e. The second-order valence-corrected chi connectivity index (χ2v) is 6.59. The molecule has 3 rings (SSSR count). The van der Waals surface area contributed by atoms with Crippen LogP contribution in [0, 0.1) is 6.92 Å². The minimum absolute atomic E-state index is 0.241. The fourth-order valence-electron chi connectivity index (χ4n) is 2.68. The van der Waals surface area contributed by atoms with Crippen molar-refractivity contribution in [3.05, 3.63) is 76.7 Å². The van der Waals surface area contributed by atoms with Crippen LogP contribution in [0.3, 0.4) is 0 Å². The molecule has 0 fully saturated rings. The first-order valence-corrected chi connectivity index (χ1v) is 9.20. The normalized spacial score (nSPS) is 10.4. The molecule has 0 atom stereocenters. The average Bonchev–Trinajstić information content (AvgIpc) is 3.06. The molecular formula is C21H19NO3S. The number of carbonyl (C=O) groups excluding carboxylic acids is 2. The van der Waals surface area contributed by atoms with Crippen LogP contribution in [0.5, 0.6) is 0 Å². The van der Waals surface area contributed by atoms with Crippen LogP contribution in [0.2, 0.25) is 0 Å². The zero-order valence-corrected chi connectivity index (χ0v) is 15.4. The van der Waals surface area contributed by atoms with Gasteiger partial charge in [-0.3, -0.25) is 4.79 Å². The monoisotopic (exact) mass is 365 g/mol. The number of hydrogen-bond donors (Lipinski definition) is 1. The Morgan fingerprint density at radius 1 is 1.04 bits per heavy atom. The lowest BCUT2D eigenvalue weighted by atomic mass is 10.0. The molecule has 0 spiro atoms. The summed E-state index contributed by atoms with van der Waals surface area (Å²) < 4.78 is 5.22. The van der Waals surface area contributed by atoms with Gasteiger partial charge >= 0.3 is 5.97 Å². The minimum atomic E-state index is -0.437. The number of esters is 1.